The molecule has 1 aliphatic carbocycles. The lowest BCUT2D eigenvalue weighted by atomic mass is 9.99. The van der Waals surface area contributed by atoms with Crippen LogP contribution in [0.4, 0.5) is 13.2 Å². The maximum absolute atomic E-state index is 12.8. The van der Waals surface area contributed by atoms with Crippen molar-refractivity contribution < 1.29 is 18.0 Å². The van der Waals surface area contributed by atoms with Crippen LogP contribution < -0.4 is 0 Å². The summed E-state index contributed by atoms with van der Waals surface area (Å²) in [4.78, 5) is 18.1. The third-order valence-corrected chi connectivity index (χ3v) is 5.20. The molecule has 8 heteroatoms. The molecule has 1 aliphatic heterocycles. The Morgan fingerprint density at radius 2 is 2.12 bits per heavy atom. The van der Waals surface area contributed by atoms with Gasteiger partial charge in [-0.05, 0) is 37.3 Å². The summed E-state index contributed by atoms with van der Waals surface area (Å²) in [5.41, 5.74) is -0.145. The van der Waals surface area contributed by atoms with Gasteiger partial charge in [0.05, 0.1) is 0 Å². The molecule has 0 bridgehead atoms. The first-order chi connectivity index (χ1) is 12.3. The van der Waals surface area contributed by atoms with Gasteiger partial charge in [-0.2, -0.15) is 13.2 Å². The van der Waals surface area contributed by atoms with Crippen molar-refractivity contribution in [2.75, 3.05) is 13.6 Å². The van der Waals surface area contributed by atoms with Gasteiger partial charge < -0.3 is 14.0 Å². The fraction of sp³-hybridized carbons (Fsp3) is 0.556. The van der Waals surface area contributed by atoms with E-state index in [0.29, 0.717) is 37.1 Å². The molecule has 26 heavy (non-hydrogen) atoms. The topological polar surface area (TPSA) is 43.1 Å². The zero-order chi connectivity index (χ0) is 18.5. The number of alkyl halides is 3. The first-order valence-electron chi connectivity index (χ1n) is 8.88. The Balaban J connectivity index is 1.42. The van der Waals surface area contributed by atoms with Crippen molar-refractivity contribution in [3.63, 3.8) is 0 Å². The molecule has 2 aromatic heterocycles. The molecule has 0 N–H and O–H groups in total. The summed E-state index contributed by atoms with van der Waals surface area (Å²) in [6.07, 6.45) is 2.05. The number of fused-ring (bicyclic) bond motifs is 1. The van der Waals surface area contributed by atoms with Crippen molar-refractivity contribution in [3.8, 4) is 0 Å². The molecule has 4 rings (SSSR count). The fourth-order valence-corrected chi connectivity index (χ4v) is 3.71. The standard InChI is InChI=1S/C18H21F3N4O/c1-23(17(26)14-3-2-8-25(14)13-5-6-13)9-12-4-7-16-22-15(18(19,20)21)11-24(16)10-12/h2-3,8,11-13H,4-7,9-10H2,1H3/t12-/m0/s1. The molecule has 2 aliphatic rings. The summed E-state index contributed by atoms with van der Waals surface area (Å²) < 4.78 is 42.1. The number of hydrogen-bond donors (Lipinski definition) is 0. The number of aryl methyl sites for hydroxylation is 1. The van der Waals surface area contributed by atoms with Crippen LogP contribution in [0.15, 0.2) is 24.5 Å². The summed E-state index contributed by atoms with van der Waals surface area (Å²) in [6, 6.07) is 4.15. The number of amides is 1. The van der Waals surface area contributed by atoms with E-state index < -0.39 is 11.9 Å². The highest BCUT2D eigenvalue weighted by molar-refractivity contribution is 5.92. The molecule has 140 valence electrons. The maximum Gasteiger partial charge on any atom is 0.434 e. The van der Waals surface area contributed by atoms with Crippen molar-refractivity contribution in [2.24, 2.45) is 5.92 Å². The van der Waals surface area contributed by atoms with Gasteiger partial charge in [-0.3, -0.25) is 4.79 Å². The van der Waals surface area contributed by atoms with Crippen LogP contribution in [0, 0.1) is 5.92 Å². The summed E-state index contributed by atoms with van der Waals surface area (Å²) >= 11 is 0. The Morgan fingerprint density at radius 1 is 1.35 bits per heavy atom. The summed E-state index contributed by atoms with van der Waals surface area (Å²) in [6.45, 7) is 0.979. The van der Waals surface area contributed by atoms with Gasteiger partial charge in [-0.25, -0.2) is 4.98 Å². The highest BCUT2D eigenvalue weighted by Crippen LogP contribution is 2.36. The number of carbonyl (C=O) groups is 1. The van der Waals surface area contributed by atoms with E-state index in [1.807, 2.05) is 22.9 Å². The Morgan fingerprint density at radius 3 is 2.81 bits per heavy atom. The molecule has 1 fully saturated rings. The van der Waals surface area contributed by atoms with Crippen LogP contribution in [-0.4, -0.2) is 38.5 Å². The average Bonchev–Trinajstić information content (AvgIpc) is 3.15. The van der Waals surface area contributed by atoms with Gasteiger partial charge in [0, 0.05) is 45.0 Å². The third-order valence-electron chi connectivity index (χ3n) is 5.20. The monoisotopic (exact) mass is 366 g/mol. The Kier molecular flexibility index (Phi) is 4.08. The zero-order valence-corrected chi connectivity index (χ0v) is 14.5. The number of carbonyl (C=O) groups excluding carboxylic acids is 1. The molecule has 1 saturated carbocycles. The third kappa shape index (κ3) is 3.24. The molecule has 2 aromatic rings. The van der Waals surface area contributed by atoms with Crippen LogP contribution in [0.1, 0.15) is 47.3 Å². The molecule has 0 spiro atoms. The van der Waals surface area contributed by atoms with E-state index in [1.54, 1.807) is 16.5 Å². The average molecular weight is 366 g/mol. The van der Waals surface area contributed by atoms with E-state index in [9.17, 15) is 18.0 Å². The first kappa shape index (κ1) is 17.2. The Bertz CT molecular complexity index is 819. The van der Waals surface area contributed by atoms with E-state index in [1.165, 1.54) is 0 Å². The molecular formula is C18H21F3N4O. The minimum absolute atomic E-state index is 0.0330. The van der Waals surface area contributed by atoms with Gasteiger partial charge in [0.1, 0.15) is 11.5 Å². The Labute approximate surface area is 149 Å². The van der Waals surface area contributed by atoms with E-state index in [0.717, 1.165) is 25.5 Å². The molecular weight excluding hydrogens is 345 g/mol. The van der Waals surface area contributed by atoms with Crippen LogP contribution in [-0.2, 0) is 19.1 Å². The fourth-order valence-electron chi connectivity index (χ4n) is 3.71. The maximum atomic E-state index is 12.8. The molecule has 0 unspecified atom stereocenters. The second-order valence-electron chi connectivity index (χ2n) is 7.31. The quantitative estimate of drug-likeness (QED) is 0.833. The van der Waals surface area contributed by atoms with Gasteiger partial charge in [0.25, 0.3) is 5.91 Å². The number of hydrogen-bond acceptors (Lipinski definition) is 2. The number of halogens is 3. The van der Waals surface area contributed by atoms with Gasteiger partial charge in [-0.15, -0.1) is 0 Å². The summed E-state index contributed by atoms with van der Waals surface area (Å²) in [5, 5.41) is 0. The summed E-state index contributed by atoms with van der Waals surface area (Å²) in [5.74, 6) is 0.565. The van der Waals surface area contributed by atoms with E-state index in [-0.39, 0.29) is 11.8 Å². The molecule has 0 radical (unpaired) electrons. The van der Waals surface area contributed by atoms with Crippen molar-refractivity contribution >= 4 is 5.91 Å². The molecule has 5 nitrogen and oxygen atoms in total. The van der Waals surface area contributed by atoms with Gasteiger partial charge in [0.15, 0.2) is 5.69 Å². The second kappa shape index (κ2) is 6.17. The Hall–Kier alpha value is -2.25. The SMILES string of the molecule is CN(C[C@@H]1CCc2nc(C(F)(F)F)cn2C1)C(=O)c1cccn1C1CC1. The number of rotatable bonds is 4. The highest BCUT2D eigenvalue weighted by Gasteiger charge is 2.36. The minimum atomic E-state index is -4.42. The zero-order valence-electron chi connectivity index (χ0n) is 14.5. The minimum Gasteiger partial charge on any atom is -0.340 e. The first-order valence-corrected chi connectivity index (χ1v) is 8.88. The molecule has 0 saturated heterocycles. The summed E-state index contributed by atoms with van der Waals surface area (Å²) in [7, 11) is 1.76. The molecule has 1 amide bonds. The van der Waals surface area contributed by atoms with Gasteiger partial charge in [0.2, 0.25) is 0 Å². The molecule has 0 aromatic carbocycles. The van der Waals surface area contributed by atoms with Crippen LogP contribution in [0.5, 0.6) is 0 Å². The van der Waals surface area contributed by atoms with Crippen molar-refractivity contribution in [3.05, 3.63) is 41.7 Å². The van der Waals surface area contributed by atoms with Crippen LogP contribution in [0.2, 0.25) is 0 Å². The molecule has 3 heterocycles. The lowest BCUT2D eigenvalue weighted by Crippen LogP contribution is -2.36. The number of aromatic nitrogens is 3. The predicted molar refractivity (Wildman–Crippen MR) is 88.7 cm³/mol. The van der Waals surface area contributed by atoms with Crippen molar-refractivity contribution in [2.45, 2.75) is 44.4 Å². The van der Waals surface area contributed by atoms with Gasteiger partial charge in [-0.1, -0.05) is 0 Å². The van der Waals surface area contributed by atoms with Crippen molar-refractivity contribution in [1.82, 2.24) is 19.0 Å². The smallest absolute Gasteiger partial charge is 0.340 e. The normalized spacial score (nSPS) is 20.1. The van der Waals surface area contributed by atoms with Crippen LogP contribution in [0.25, 0.3) is 0 Å². The lowest BCUT2D eigenvalue weighted by molar-refractivity contribution is -0.141. The van der Waals surface area contributed by atoms with Gasteiger partial charge >= 0.3 is 6.18 Å². The van der Waals surface area contributed by atoms with Crippen LogP contribution >= 0.6 is 0 Å². The number of imidazole rings is 1. The van der Waals surface area contributed by atoms with Crippen molar-refractivity contribution in [1.29, 1.82) is 0 Å². The van der Waals surface area contributed by atoms with E-state index in [4.69, 9.17) is 0 Å². The largest absolute Gasteiger partial charge is 0.434 e. The highest BCUT2D eigenvalue weighted by atomic mass is 19.4. The lowest BCUT2D eigenvalue weighted by Gasteiger charge is -2.28. The number of nitrogens with zero attached hydrogens (tertiary/aromatic N) is 4. The predicted octanol–water partition coefficient (Wildman–Crippen LogP) is 3.37. The molecule has 1 atom stereocenters. The van der Waals surface area contributed by atoms with E-state index >= 15 is 0 Å². The second-order valence-corrected chi connectivity index (χ2v) is 7.31. The van der Waals surface area contributed by atoms with Crippen LogP contribution in [0.3, 0.4) is 0 Å². The van der Waals surface area contributed by atoms with E-state index in [2.05, 4.69) is 4.98 Å².